The van der Waals surface area contributed by atoms with Crippen LogP contribution in [0.4, 0.5) is 0 Å². The maximum absolute atomic E-state index is 10.6. The number of aromatic nitrogens is 6. The average Bonchev–Trinajstić information content (AvgIpc) is 2.94. The topological polar surface area (TPSA) is 107 Å². The first-order valence-electron chi connectivity index (χ1n) is 5.40. The molecule has 0 fully saturated rings. The molecular formula is C9H12N6O2S. The van der Waals surface area contributed by atoms with E-state index < -0.39 is 5.97 Å². The van der Waals surface area contributed by atoms with Gasteiger partial charge in [-0.3, -0.25) is 4.79 Å². The summed E-state index contributed by atoms with van der Waals surface area (Å²) in [5.74, 6) is -0.152. The predicted octanol–water partition coefficient (Wildman–Crippen LogP) is 0.790. The zero-order chi connectivity index (χ0) is 13.1. The van der Waals surface area contributed by atoms with Gasteiger partial charge in [0.05, 0.1) is 18.7 Å². The first kappa shape index (κ1) is 12.6. The van der Waals surface area contributed by atoms with Crippen LogP contribution in [0.3, 0.4) is 0 Å². The molecule has 0 amide bonds. The van der Waals surface area contributed by atoms with Crippen molar-refractivity contribution >= 4 is 17.5 Å². The average molecular weight is 268 g/mol. The second kappa shape index (κ2) is 5.17. The Bertz CT molecular complexity index is 549. The molecule has 0 aliphatic rings. The fourth-order valence-corrected chi connectivity index (χ4v) is 2.26. The first-order chi connectivity index (χ1) is 8.59. The van der Waals surface area contributed by atoms with Crippen LogP contribution in [-0.4, -0.2) is 40.9 Å². The van der Waals surface area contributed by atoms with Crippen molar-refractivity contribution in [1.29, 1.82) is 0 Å². The Morgan fingerprint density at radius 3 is 2.89 bits per heavy atom. The van der Waals surface area contributed by atoms with E-state index in [2.05, 4.69) is 25.1 Å². The van der Waals surface area contributed by atoms with Crippen molar-refractivity contribution in [2.45, 2.75) is 32.7 Å². The predicted molar refractivity (Wildman–Crippen MR) is 63.1 cm³/mol. The fraction of sp³-hybridized carbons (Fsp3) is 0.556. The molecule has 0 aromatic carbocycles. The van der Waals surface area contributed by atoms with E-state index in [9.17, 15) is 4.79 Å². The van der Waals surface area contributed by atoms with Gasteiger partial charge >= 0.3 is 5.97 Å². The number of rotatable bonds is 5. The number of carboxylic acids is 1. The van der Waals surface area contributed by atoms with Crippen LogP contribution in [0.1, 0.15) is 31.9 Å². The SMILES string of the molecule is CC(C)c1nnsc1-c1nnnn1CCC(=O)O. The van der Waals surface area contributed by atoms with Crippen LogP contribution in [0.25, 0.3) is 10.7 Å². The van der Waals surface area contributed by atoms with Gasteiger partial charge in [0.25, 0.3) is 0 Å². The Kier molecular flexibility index (Phi) is 3.60. The molecule has 8 nitrogen and oxygen atoms in total. The zero-order valence-electron chi connectivity index (χ0n) is 9.94. The summed E-state index contributed by atoms with van der Waals surface area (Å²) in [6.45, 7) is 4.24. The van der Waals surface area contributed by atoms with Gasteiger partial charge in [0.2, 0.25) is 0 Å². The maximum atomic E-state index is 10.6. The number of aliphatic carboxylic acids is 1. The standard InChI is InChI=1S/C9H12N6O2S/c1-5(2)7-8(18-14-10-7)9-11-12-13-15(9)4-3-6(16)17/h5H,3-4H2,1-2H3,(H,16,17). The van der Waals surface area contributed by atoms with Gasteiger partial charge in [-0.2, -0.15) is 0 Å². The molecule has 0 saturated carbocycles. The third-order valence-electron chi connectivity index (χ3n) is 2.33. The quantitative estimate of drug-likeness (QED) is 0.854. The number of carboxylic acid groups (broad SMARTS) is 1. The van der Waals surface area contributed by atoms with Crippen LogP contribution in [0.2, 0.25) is 0 Å². The van der Waals surface area contributed by atoms with Gasteiger partial charge in [-0.1, -0.05) is 18.3 Å². The second-order valence-corrected chi connectivity index (χ2v) is 4.77. The number of nitrogens with zero attached hydrogens (tertiary/aromatic N) is 6. The molecule has 1 N–H and O–H groups in total. The lowest BCUT2D eigenvalue weighted by Gasteiger charge is -2.04. The van der Waals surface area contributed by atoms with Crippen LogP contribution in [0.15, 0.2) is 0 Å². The summed E-state index contributed by atoms with van der Waals surface area (Å²) in [6, 6.07) is 0. The van der Waals surface area contributed by atoms with Gasteiger partial charge in [0.1, 0.15) is 4.88 Å². The van der Waals surface area contributed by atoms with Gasteiger partial charge in [-0.15, -0.1) is 10.2 Å². The highest BCUT2D eigenvalue weighted by atomic mass is 32.1. The molecule has 2 heterocycles. The monoisotopic (exact) mass is 268 g/mol. The van der Waals surface area contributed by atoms with Gasteiger partial charge in [0.15, 0.2) is 5.82 Å². The molecule has 0 aliphatic heterocycles. The van der Waals surface area contributed by atoms with Crippen molar-refractivity contribution in [3.05, 3.63) is 5.69 Å². The van der Waals surface area contributed by atoms with Crippen LogP contribution in [0.5, 0.6) is 0 Å². The van der Waals surface area contributed by atoms with Crippen LogP contribution in [0, 0.1) is 0 Å². The van der Waals surface area contributed by atoms with Crippen molar-refractivity contribution < 1.29 is 9.90 Å². The number of tetrazole rings is 1. The number of hydrogen-bond acceptors (Lipinski definition) is 7. The number of hydrogen-bond donors (Lipinski definition) is 1. The molecule has 96 valence electrons. The fourth-order valence-electron chi connectivity index (χ4n) is 1.45. The zero-order valence-corrected chi connectivity index (χ0v) is 10.8. The van der Waals surface area contributed by atoms with Gasteiger partial charge in [-0.25, -0.2) is 4.68 Å². The summed E-state index contributed by atoms with van der Waals surface area (Å²) in [7, 11) is 0. The van der Waals surface area contributed by atoms with Crippen LogP contribution in [-0.2, 0) is 11.3 Å². The van der Waals surface area contributed by atoms with E-state index in [1.54, 1.807) is 0 Å². The molecule has 0 bridgehead atoms. The number of carbonyl (C=O) groups is 1. The number of aryl methyl sites for hydroxylation is 1. The van der Waals surface area contributed by atoms with Crippen LogP contribution < -0.4 is 0 Å². The minimum absolute atomic E-state index is 0.0265. The highest BCUT2D eigenvalue weighted by Crippen LogP contribution is 2.28. The second-order valence-electron chi connectivity index (χ2n) is 4.01. The van der Waals surface area contributed by atoms with Crippen molar-refractivity contribution in [2.75, 3.05) is 0 Å². The Morgan fingerprint density at radius 2 is 2.22 bits per heavy atom. The molecule has 2 aromatic heterocycles. The Balaban J connectivity index is 2.30. The minimum atomic E-state index is -0.886. The smallest absolute Gasteiger partial charge is 0.305 e. The molecule has 18 heavy (non-hydrogen) atoms. The van der Waals surface area contributed by atoms with Crippen molar-refractivity contribution in [3.63, 3.8) is 0 Å². The Hall–Kier alpha value is -1.90. The van der Waals surface area contributed by atoms with Crippen molar-refractivity contribution in [3.8, 4) is 10.7 Å². The molecule has 2 rings (SSSR count). The third kappa shape index (κ3) is 2.50. The molecule has 0 saturated heterocycles. The first-order valence-corrected chi connectivity index (χ1v) is 6.17. The summed E-state index contributed by atoms with van der Waals surface area (Å²) < 4.78 is 5.37. The summed E-state index contributed by atoms with van der Waals surface area (Å²) in [6.07, 6.45) is -0.0265. The lowest BCUT2D eigenvalue weighted by atomic mass is 10.1. The van der Waals surface area contributed by atoms with Gasteiger partial charge in [0, 0.05) is 0 Å². The van der Waals surface area contributed by atoms with Crippen molar-refractivity contribution in [2.24, 2.45) is 0 Å². The normalized spacial score (nSPS) is 11.1. The molecule has 0 radical (unpaired) electrons. The summed E-state index contributed by atoms with van der Waals surface area (Å²) in [4.78, 5) is 11.4. The van der Waals surface area contributed by atoms with E-state index in [1.807, 2.05) is 13.8 Å². The summed E-state index contributed by atoms with van der Waals surface area (Å²) in [5.41, 5.74) is 0.825. The summed E-state index contributed by atoms with van der Waals surface area (Å²) in [5, 5.41) is 24.0. The largest absolute Gasteiger partial charge is 0.481 e. The molecule has 0 unspecified atom stereocenters. The molecule has 2 aromatic rings. The lowest BCUT2D eigenvalue weighted by Crippen LogP contribution is -2.08. The van der Waals surface area contributed by atoms with E-state index in [-0.39, 0.29) is 18.9 Å². The summed E-state index contributed by atoms with van der Waals surface area (Å²) >= 11 is 1.21. The van der Waals surface area contributed by atoms with E-state index in [0.29, 0.717) is 5.82 Å². The lowest BCUT2D eigenvalue weighted by molar-refractivity contribution is -0.137. The van der Waals surface area contributed by atoms with Gasteiger partial charge in [-0.05, 0) is 27.9 Å². The maximum Gasteiger partial charge on any atom is 0.305 e. The third-order valence-corrected chi connectivity index (χ3v) is 3.07. The van der Waals surface area contributed by atoms with E-state index in [4.69, 9.17) is 5.11 Å². The molecule has 0 aliphatic carbocycles. The molecule has 0 atom stereocenters. The van der Waals surface area contributed by atoms with Crippen LogP contribution >= 0.6 is 11.5 Å². The van der Waals surface area contributed by atoms with Gasteiger partial charge < -0.3 is 5.11 Å². The molecule has 0 spiro atoms. The molecule has 9 heteroatoms. The van der Waals surface area contributed by atoms with Crippen molar-refractivity contribution in [1.82, 2.24) is 29.8 Å². The molecular weight excluding hydrogens is 256 g/mol. The Morgan fingerprint density at radius 1 is 1.44 bits per heavy atom. The van der Waals surface area contributed by atoms with E-state index in [1.165, 1.54) is 16.2 Å². The highest BCUT2D eigenvalue weighted by molar-refractivity contribution is 7.09. The Labute approximate surface area is 107 Å². The highest BCUT2D eigenvalue weighted by Gasteiger charge is 2.19. The van der Waals surface area contributed by atoms with E-state index in [0.717, 1.165) is 10.6 Å². The minimum Gasteiger partial charge on any atom is -0.481 e. The van der Waals surface area contributed by atoms with E-state index >= 15 is 0 Å².